The van der Waals surface area contributed by atoms with Gasteiger partial charge in [-0.05, 0) is 42.0 Å². The molecule has 11 nitrogen and oxygen atoms in total. The Morgan fingerprint density at radius 1 is 0.786 bits per heavy atom. The van der Waals surface area contributed by atoms with Gasteiger partial charge in [0, 0.05) is 24.4 Å². The predicted octanol–water partition coefficient (Wildman–Crippen LogP) is 6.41. The van der Waals surface area contributed by atoms with Crippen LogP contribution in [0.15, 0.2) is 103 Å². The number of nitrogens with one attached hydrogen (secondary N) is 2. The van der Waals surface area contributed by atoms with Gasteiger partial charge in [-0.15, -0.1) is 0 Å². The molecule has 1 heterocycles. The van der Waals surface area contributed by atoms with Crippen molar-refractivity contribution in [3.63, 3.8) is 0 Å². The van der Waals surface area contributed by atoms with Crippen LogP contribution < -0.4 is 36.3 Å². The number of nitrogens with two attached hydrogens (primary N) is 2. The molecule has 0 spiro atoms. The van der Waals surface area contributed by atoms with Crippen LogP contribution in [0, 0.1) is 11.3 Å². The maximum Gasteiger partial charge on any atom is 0.327 e. The number of urea groups is 1. The molecule has 2 amide bonds. The first-order valence-electron chi connectivity index (χ1n) is 12.7. The molecule has 11 heteroatoms. The van der Waals surface area contributed by atoms with E-state index in [1.165, 1.54) is 6.07 Å². The third-order valence-corrected chi connectivity index (χ3v) is 5.71. The Morgan fingerprint density at radius 2 is 1.48 bits per heavy atom. The van der Waals surface area contributed by atoms with Gasteiger partial charge in [-0.25, -0.2) is 4.79 Å². The SMILES string of the molecule is N#Cc1cc(Oc2ccccc2)cc(Oc2nc(Oc3cccc(NC(N)=O)c3)nc(NCc3ccccc3)c2N)c1. The first-order valence-corrected chi connectivity index (χ1v) is 12.7. The van der Waals surface area contributed by atoms with Crippen molar-refractivity contribution in [2.45, 2.75) is 6.54 Å². The van der Waals surface area contributed by atoms with E-state index < -0.39 is 6.03 Å². The number of ether oxygens (including phenoxy) is 3. The molecule has 4 aromatic carbocycles. The lowest BCUT2D eigenvalue weighted by molar-refractivity contribution is 0.259. The average Bonchev–Trinajstić information content (AvgIpc) is 2.99. The number of rotatable bonds is 10. The molecular weight excluding hydrogens is 534 g/mol. The Kier molecular flexibility index (Phi) is 8.26. The van der Waals surface area contributed by atoms with Gasteiger partial charge < -0.3 is 36.3 Å². The Morgan fingerprint density at radius 3 is 2.19 bits per heavy atom. The Balaban J connectivity index is 1.47. The predicted molar refractivity (Wildman–Crippen MR) is 158 cm³/mol. The zero-order chi connectivity index (χ0) is 29.3. The molecule has 0 aliphatic heterocycles. The minimum atomic E-state index is -0.714. The summed E-state index contributed by atoms with van der Waals surface area (Å²) in [4.78, 5) is 20.1. The summed E-state index contributed by atoms with van der Waals surface area (Å²) in [6, 6.07) is 31.4. The van der Waals surface area contributed by atoms with Crippen molar-refractivity contribution >= 4 is 23.2 Å². The average molecular weight is 560 g/mol. The monoisotopic (exact) mass is 559 g/mol. The van der Waals surface area contributed by atoms with Gasteiger partial charge in [0.15, 0.2) is 5.82 Å². The number of primary amides is 1. The smallest absolute Gasteiger partial charge is 0.327 e. The van der Waals surface area contributed by atoms with Crippen LogP contribution in [0.1, 0.15) is 11.1 Å². The molecule has 0 aliphatic carbocycles. The van der Waals surface area contributed by atoms with Crippen molar-refractivity contribution in [3.05, 3.63) is 114 Å². The van der Waals surface area contributed by atoms with E-state index in [2.05, 4.69) is 26.7 Å². The third-order valence-electron chi connectivity index (χ3n) is 5.71. The number of para-hydroxylation sites is 1. The van der Waals surface area contributed by atoms with E-state index in [0.717, 1.165) is 5.56 Å². The van der Waals surface area contributed by atoms with Crippen molar-refractivity contribution < 1.29 is 19.0 Å². The van der Waals surface area contributed by atoms with Crippen molar-refractivity contribution in [1.29, 1.82) is 5.26 Å². The van der Waals surface area contributed by atoms with Gasteiger partial charge in [-0.1, -0.05) is 54.6 Å². The molecule has 0 fully saturated rings. The summed E-state index contributed by atoms with van der Waals surface area (Å²) < 4.78 is 17.9. The Bertz CT molecular complexity index is 1740. The van der Waals surface area contributed by atoms with Crippen LogP contribution in [-0.2, 0) is 6.54 Å². The molecule has 0 atom stereocenters. The molecule has 0 saturated carbocycles. The fourth-order valence-electron chi connectivity index (χ4n) is 3.84. The van der Waals surface area contributed by atoms with Gasteiger partial charge >= 0.3 is 12.0 Å². The number of hydrogen-bond donors (Lipinski definition) is 4. The molecule has 5 rings (SSSR count). The molecule has 0 bridgehead atoms. The number of nitrogens with zero attached hydrogens (tertiary/aromatic N) is 3. The quantitative estimate of drug-likeness (QED) is 0.151. The van der Waals surface area contributed by atoms with Crippen LogP contribution >= 0.6 is 0 Å². The van der Waals surface area contributed by atoms with Gasteiger partial charge in [-0.2, -0.15) is 15.2 Å². The number of benzene rings is 4. The number of hydrogen-bond acceptors (Lipinski definition) is 9. The highest BCUT2D eigenvalue weighted by Gasteiger charge is 2.17. The molecule has 0 saturated heterocycles. The molecular formula is C31H25N7O4. The second-order valence-corrected chi connectivity index (χ2v) is 8.85. The molecule has 6 N–H and O–H groups in total. The number of aromatic nitrogens is 2. The fourth-order valence-corrected chi connectivity index (χ4v) is 3.84. The van der Waals surface area contributed by atoms with E-state index in [1.54, 1.807) is 48.5 Å². The fraction of sp³-hybridized carbons (Fsp3) is 0.0323. The number of anilines is 3. The van der Waals surface area contributed by atoms with E-state index in [9.17, 15) is 10.1 Å². The maximum atomic E-state index is 11.3. The molecule has 5 aromatic rings. The van der Waals surface area contributed by atoms with E-state index in [-0.39, 0.29) is 29.1 Å². The third kappa shape index (κ3) is 7.22. The summed E-state index contributed by atoms with van der Waals surface area (Å²) >= 11 is 0. The molecule has 208 valence electrons. The minimum Gasteiger partial charge on any atom is -0.457 e. The molecule has 42 heavy (non-hydrogen) atoms. The van der Waals surface area contributed by atoms with Gasteiger partial charge in [0.2, 0.25) is 0 Å². The number of carbonyl (C=O) groups excluding carboxylic acids is 1. The number of nitriles is 1. The van der Waals surface area contributed by atoms with Crippen LogP contribution in [0.3, 0.4) is 0 Å². The topological polar surface area (TPSA) is 170 Å². The zero-order valence-corrected chi connectivity index (χ0v) is 22.2. The standard InChI is InChI=1S/C31H25N7O4/c32-18-21-14-25(40-23-11-5-2-6-12-23)17-26(15-21)41-29-27(33)28(35-19-20-8-3-1-4-9-20)37-31(38-29)42-24-13-7-10-22(16-24)36-30(34)39/h1-17H,19,33H2,(H3,34,36,39)(H,35,37,38). The molecule has 0 aliphatic rings. The summed E-state index contributed by atoms with van der Waals surface area (Å²) in [6.45, 7) is 0.415. The van der Waals surface area contributed by atoms with Crippen molar-refractivity contribution in [3.8, 4) is 41.0 Å². The lowest BCUT2D eigenvalue weighted by Gasteiger charge is -2.15. The van der Waals surface area contributed by atoms with E-state index >= 15 is 0 Å². The first kappa shape index (κ1) is 27.3. The van der Waals surface area contributed by atoms with Crippen LogP contribution in [0.25, 0.3) is 0 Å². The summed E-state index contributed by atoms with van der Waals surface area (Å²) in [5.41, 5.74) is 13.5. The van der Waals surface area contributed by atoms with Gasteiger partial charge in [0.1, 0.15) is 28.7 Å². The Labute approximate surface area is 241 Å². The number of nitrogen functional groups attached to an aromatic ring is 1. The highest BCUT2D eigenvalue weighted by molar-refractivity contribution is 5.88. The lowest BCUT2D eigenvalue weighted by atomic mass is 10.2. The normalized spacial score (nSPS) is 10.3. The van der Waals surface area contributed by atoms with E-state index in [1.807, 2.05) is 48.5 Å². The molecule has 0 radical (unpaired) electrons. The molecule has 0 unspecified atom stereocenters. The van der Waals surface area contributed by atoms with Gasteiger partial charge in [0.25, 0.3) is 5.88 Å². The summed E-state index contributed by atoms with van der Waals surface area (Å²) in [5.74, 6) is 1.83. The van der Waals surface area contributed by atoms with Crippen molar-refractivity contribution in [1.82, 2.24) is 9.97 Å². The van der Waals surface area contributed by atoms with Crippen LogP contribution in [0.2, 0.25) is 0 Å². The zero-order valence-electron chi connectivity index (χ0n) is 22.2. The maximum absolute atomic E-state index is 11.3. The molecule has 1 aromatic heterocycles. The largest absolute Gasteiger partial charge is 0.457 e. The number of carbonyl (C=O) groups is 1. The second-order valence-electron chi connectivity index (χ2n) is 8.85. The van der Waals surface area contributed by atoms with Crippen LogP contribution in [0.5, 0.6) is 34.9 Å². The van der Waals surface area contributed by atoms with Crippen molar-refractivity contribution in [2.75, 3.05) is 16.4 Å². The first-order chi connectivity index (χ1) is 20.4. The summed E-state index contributed by atoms with van der Waals surface area (Å²) in [5, 5.41) is 15.3. The Hall–Kier alpha value is -6.28. The summed E-state index contributed by atoms with van der Waals surface area (Å²) in [6.07, 6.45) is 0. The van der Waals surface area contributed by atoms with Crippen molar-refractivity contribution in [2.24, 2.45) is 5.73 Å². The number of amides is 2. The minimum absolute atomic E-state index is 0.0114. The van der Waals surface area contributed by atoms with Crippen LogP contribution in [-0.4, -0.2) is 16.0 Å². The highest BCUT2D eigenvalue weighted by Crippen LogP contribution is 2.36. The van der Waals surface area contributed by atoms with Gasteiger partial charge in [-0.3, -0.25) is 0 Å². The highest BCUT2D eigenvalue weighted by atomic mass is 16.5. The van der Waals surface area contributed by atoms with Gasteiger partial charge in [0.05, 0.1) is 11.6 Å². The lowest BCUT2D eigenvalue weighted by Crippen LogP contribution is -2.19. The summed E-state index contributed by atoms with van der Waals surface area (Å²) in [7, 11) is 0. The van der Waals surface area contributed by atoms with E-state index in [0.29, 0.717) is 35.0 Å². The van der Waals surface area contributed by atoms with Crippen LogP contribution in [0.4, 0.5) is 22.0 Å². The van der Waals surface area contributed by atoms with E-state index in [4.69, 9.17) is 25.7 Å². The second kappa shape index (κ2) is 12.7.